The van der Waals surface area contributed by atoms with Crippen molar-refractivity contribution >= 4 is 0 Å². The van der Waals surface area contributed by atoms with E-state index in [2.05, 4.69) is 50.4 Å². The zero-order chi connectivity index (χ0) is 13.0. The average Bonchev–Trinajstić information content (AvgIpc) is 2.84. The van der Waals surface area contributed by atoms with Gasteiger partial charge in [-0.25, -0.2) is 0 Å². The van der Waals surface area contributed by atoms with Gasteiger partial charge in [-0.05, 0) is 43.7 Å². The highest BCUT2D eigenvalue weighted by Crippen LogP contribution is 2.40. The summed E-state index contributed by atoms with van der Waals surface area (Å²) in [5, 5.41) is 3.71. The Morgan fingerprint density at radius 1 is 1.28 bits per heavy atom. The summed E-state index contributed by atoms with van der Waals surface area (Å²) in [6, 6.07) is 9.59. The zero-order valence-corrected chi connectivity index (χ0v) is 12.1. The average molecular weight is 245 g/mol. The molecule has 0 heterocycles. The standard InChI is InChI=1S/C17H27N/c1-4-14-9-10-16(12-14)17(18-5-2)15-8-6-7-13(3)11-15/h6-8,11,14,16-18H,4-5,9-10,12H2,1-3H3. The van der Waals surface area contributed by atoms with E-state index in [9.17, 15) is 0 Å². The van der Waals surface area contributed by atoms with Gasteiger partial charge in [-0.2, -0.15) is 0 Å². The summed E-state index contributed by atoms with van der Waals surface area (Å²) < 4.78 is 0. The van der Waals surface area contributed by atoms with Crippen LogP contribution >= 0.6 is 0 Å². The van der Waals surface area contributed by atoms with Crippen LogP contribution in [0.5, 0.6) is 0 Å². The zero-order valence-electron chi connectivity index (χ0n) is 12.1. The molecule has 1 aliphatic rings. The van der Waals surface area contributed by atoms with Crippen molar-refractivity contribution in [3.8, 4) is 0 Å². The predicted octanol–water partition coefficient (Wildman–Crippen LogP) is 4.47. The van der Waals surface area contributed by atoms with Gasteiger partial charge in [0.1, 0.15) is 0 Å². The first-order valence-corrected chi connectivity index (χ1v) is 7.54. The van der Waals surface area contributed by atoms with Crippen LogP contribution in [0.1, 0.15) is 56.7 Å². The molecule has 0 radical (unpaired) electrons. The summed E-state index contributed by atoms with van der Waals surface area (Å²) in [5.74, 6) is 1.79. The van der Waals surface area contributed by atoms with E-state index in [1.165, 1.54) is 36.8 Å². The number of rotatable bonds is 5. The van der Waals surface area contributed by atoms with E-state index in [0.29, 0.717) is 6.04 Å². The molecule has 0 aromatic heterocycles. The third-order valence-corrected chi connectivity index (χ3v) is 4.46. The number of aryl methyl sites for hydroxylation is 1. The molecule has 0 bridgehead atoms. The molecule has 1 aromatic rings. The fourth-order valence-electron chi connectivity index (χ4n) is 3.43. The Bertz CT molecular complexity index is 372. The lowest BCUT2D eigenvalue weighted by Gasteiger charge is -2.25. The topological polar surface area (TPSA) is 12.0 Å². The molecule has 1 fully saturated rings. The highest BCUT2D eigenvalue weighted by molar-refractivity contribution is 5.26. The lowest BCUT2D eigenvalue weighted by Crippen LogP contribution is -2.27. The lowest BCUT2D eigenvalue weighted by atomic mass is 9.89. The molecular weight excluding hydrogens is 218 g/mol. The Kier molecular flexibility index (Phi) is 4.82. The number of benzene rings is 1. The first-order chi connectivity index (χ1) is 8.74. The van der Waals surface area contributed by atoms with E-state index in [4.69, 9.17) is 0 Å². The first kappa shape index (κ1) is 13.6. The molecule has 3 unspecified atom stereocenters. The normalized spacial score (nSPS) is 25.3. The second-order valence-corrected chi connectivity index (χ2v) is 5.80. The van der Waals surface area contributed by atoms with Crippen LogP contribution < -0.4 is 5.32 Å². The minimum absolute atomic E-state index is 0.562. The van der Waals surface area contributed by atoms with Crippen LogP contribution in [0.25, 0.3) is 0 Å². The molecule has 0 amide bonds. The molecule has 1 N–H and O–H groups in total. The Balaban J connectivity index is 2.13. The van der Waals surface area contributed by atoms with E-state index in [1.807, 2.05) is 0 Å². The Hall–Kier alpha value is -0.820. The van der Waals surface area contributed by atoms with Gasteiger partial charge < -0.3 is 5.32 Å². The molecule has 100 valence electrons. The highest BCUT2D eigenvalue weighted by atomic mass is 14.9. The molecule has 0 saturated heterocycles. The fraction of sp³-hybridized carbons (Fsp3) is 0.647. The molecule has 0 aliphatic heterocycles. The third kappa shape index (κ3) is 3.14. The summed E-state index contributed by atoms with van der Waals surface area (Å²) in [4.78, 5) is 0. The van der Waals surface area contributed by atoms with Crippen LogP contribution in [0.2, 0.25) is 0 Å². The summed E-state index contributed by atoms with van der Waals surface area (Å²) in [6.45, 7) is 7.80. The summed E-state index contributed by atoms with van der Waals surface area (Å²) >= 11 is 0. The van der Waals surface area contributed by atoms with E-state index >= 15 is 0 Å². The Morgan fingerprint density at radius 3 is 2.72 bits per heavy atom. The van der Waals surface area contributed by atoms with Crippen LogP contribution in [-0.4, -0.2) is 6.54 Å². The van der Waals surface area contributed by atoms with Crippen LogP contribution in [0.4, 0.5) is 0 Å². The van der Waals surface area contributed by atoms with Crippen LogP contribution in [-0.2, 0) is 0 Å². The first-order valence-electron chi connectivity index (χ1n) is 7.54. The minimum atomic E-state index is 0.562. The van der Waals surface area contributed by atoms with E-state index in [1.54, 1.807) is 0 Å². The van der Waals surface area contributed by atoms with Gasteiger partial charge in [-0.1, -0.05) is 56.5 Å². The van der Waals surface area contributed by atoms with Gasteiger partial charge in [0.25, 0.3) is 0 Å². The van der Waals surface area contributed by atoms with Crippen molar-refractivity contribution in [2.24, 2.45) is 11.8 Å². The minimum Gasteiger partial charge on any atom is -0.310 e. The van der Waals surface area contributed by atoms with Gasteiger partial charge >= 0.3 is 0 Å². The molecule has 18 heavy (non-hydrogen) atoms. The second kappa shape index (κ2) is 6.38. The van der Waals surface area contributed by atoms with Crippen molar-refractivity contribution in [2.45, 2.75) is 52.5 Å². The van der Waals surface area contributed by atoms with Crippen LogP contribution in [0.3, 0.4) is 0 Å². The Morgan fingerprint density at radius 2 is 2.11 bits per heavy atom. The smallest absolute Gasteiger partial charge is 0.0348 e. The second-order valence-electron chi connectivity index (χ2n) is 5.80. The fourth-order valence-corrected chi connectivity index (χ4v) is 3.43. The number of hydrogen-bond acceptors (Lipinski definition) is 1. The molecule has 1 heteroatoms. The van der Waals surface area contributed by atoms with Crippen molar-refractivity contribution in [3.05, 3.63) is 35.4 Å². The van der Waals surface area contributed by atoms with Gasteiger partial charge in [-0.15, -0.1) is 0 Å². The molecule has 1 aliphatic carbocycles. The van der Waals surface area contributed by atoms with Crippen molar-refractivity contribution < 1.29 is 0 Å². The van der Waals surface area contributed by atoms with Gasteiger partial charge in [0, 0.05) is 6.04 Å². The molecule has 0 spiro atoms. The number of nitrogens with one attached hydrogen (secondary N) is 1. The summed E-state index contributed by atoms with van der Waals surface area (Å²) in [7, 11) is 0. The molecule has 3 atom stereocenters. The molecular formula is C17H27N. The molecule has 2 rings (SSSR count). The quantitative estimate of drug-likeness (QED) is 0.807. The Labute approximate surface area is 112 Å². The monoisotopic (exact) mass is 245 g/mol. The highest BCUT2D eigenvalue weighted by Gasteiger charge is 2.30. The molecule has 1 saturated carbocycles. The largest absolute Gasteiger partial charge is 0.310 e. The number of hydrogen-bond donors (Lipinski definition) is 1. The summed E-state index contributed by atoms with van der Waals surface area (Å²) in [5.41, 5.74) is 2.86. The van der Waals surface area contributed by atoms with Gasteiger partial charge in [0.15, 0.2) is 0 Å². The van der Waals surface area contributed by atoms with Gasteiger partial charge in [0.2, 0.25) is 0 Å². The summed E-state index contributed by atoms with van der Waals surface area (Å²) in [6.07, 6.45) is 5.57. The molecule has 1 nitrogen and oxygen atoms in total. The van der Waals surface area contributed by atoms with Crippen molar-refractivity contribution in [1.82, 2.24) is 5.32 Å². The van der Waals surface area contributed by atoms with Crippen molar-refractivity contribution in [2.75, 3.05) is 6.54 Å². The van der Waals surface area contributed by atoms with E-state index < -0.39 is 0 Å². The van der Waals surface area contributed by atoms with Crippen molar-refractivity contribution in [3.63, 3.8) is 0 Å². The maximum absolute atomic E-state index is 3.71. The maximum atomic E-state index is 3.71. The lowest BCUT2D eigenvalue weighted by molar-refractivity contribution is 0.359. The third-order valence-electron chi connectivity index (χ3n) is 4.46. The SMILES string of the molecule is CCNC(c1cccc(C)c1)C1CCC(CC)C1. The van der Waals surface area contributed by atoms with Crippen LogP contribution in [0, 0.1) is 18.8 Å². The van der Waals surface area contributed by atoms with Gasteiger partial charge in [-0.3, -0.25) is 0 Å². The maximum Gasteiger partial charge on any atom is 0.0348 e. The van der Waals surface area contributed by atoms with E-state index in [0.717, 1.165) is 18.4 Å². The molecule has 1 aromatic carbocycles. The predicted molar refractivity (Wildman–Crippen MR) is 78.7 cm³/mol. The van der Waals surface area contributed by atoms with Crippen molar-refractivity contribution in [1.29, 1.82) is 0 Å². The van der Waals surface area contributed by atoms with Gasteiger partial charge in [0.05, 0.1) is 0 Å². The van der Waals surface area contributed by atoms with Crippen LogP contribution in [0.15, 0.2) is 24.3 Å². The van der Waals surface area contributed by atoms with E-state index in [-0.39, 0.29) is 0 Å².